The molecule has 7 heteroatoms. The van der Waals surface area contributed by atoms with Gasteiger partial charge in [0.2, 0.25) is 0 Å². The molecule has 0 nitrogen and oxygen atoms in total. The molecular weight excluding hydrogens is 266 g/mol. The maximum atomic E-state index is 12.5. The lowest BCUT2D eigenvalue weighted by atomic mass is 10.0. The third-order valence-corrected chi connectivity index (χ3v) is 2.25. The molecule has 0 radical (unpaired) electrons. The Hall–Kier alpha value is -1.11. The molecule has 0 N–H and O–H groups in total. The number of rotatable bonds is 1. The van der Waals surface area contributed by atoms with Gasteiger partial charge in [-0.3, -0.25) is 0 Å². The summed E-state index contributed by atoms with van der Waals surface area (Å²) >= 11 is 4.57. The summed E-state index contributed by atoms with van der Waals surface area (Å²) in [6.45, 7) is 1.23. The molecule has 1 aromatic carbocycles. The topological polar surface area (TPSA) is 0 Å². The fourth-order valence-corrected chi connectivity index (χ4v) is 1.44. The Morgan fingerprint density at radius 1 is 1.00 bits per heavy atom. The van der Waals surface area contributed by atoms with Crippen LogP contribution in [0.1, 0.15) is 23.6 Å². The highest BCUT2D eigenvalue weighted by Crippen LogP contribution is 2.37. The van der Waals surface area contributed by atoms with Gasteiger partial charge in [-0.25, -0.2) is 0 Å². The third kappa shape index (κ3) is 3.18. The summed E-state index contributed by atoms with van der Waals surface area (Å²) in [6, 6.07) is 1.40. The first-order chi connectivity index (χ1) is 7.53. The van der Waals surface area contributed by atoms with E-state index >= 15 is 0 Å². The van der Waals surface area contributed by atoms with Crippen LogP contribution in [0.15, 0.2) is 18.2 Å². The van der Waals surface area contributed by atoms with Crippen molar-refractivity contribution in [2.24, 2.45) is 0 Å². The Morgan fingerprint density at radius 2 is 1.53 bits per heavy atom. The van der Waals surface area contributed by atoms with Gasteiger partial charge in [0.15, 0.2) is 0 Å². The van der Waals surface area contributed by atoms with Crippen molar-refractivity contribution in [2.75, 3.05) is 0 Å². The lowest BCUT2D eigenvalue weighted by molar-refractivity contribution is -0.143. The minimum absolute atomic E-state index is 0.0745. The molecule has 0 amide bonds. The van der Waals surface area contributed by atoms with Crippen molar-refractivity contribution in [3.8, 4) is 0 Å². The van der Waals surface area contributed by atoms with Crippen LogP contribution >= 0.6 is 12.2 Å². The highest BCUT2D eigenvalue weighted by atomic mass is 32.1. The predicted octanol–water partition coefficient (Wildman–Crippen LogP) is 4.46. The average molecular weight is 272 g/mol. The number of alkyl halides is 6. The smallest absolute Gasteiger partial charge is 0.166 e. The van der Waals surface area contributed by atoms with Crippen molar-refractivity contribution < 1.29 is 26.3 Å². The number of halogens is 6. The van der Waals surface area contributed by atoms with Crippen LogP contribution < -0.4 is 0 Å². The van der Waals surface area contributed by atoms with Crippen LogP contribution in [-0.2, 0) is 12.4 Å². The number of hydrogen-bond donors (Lipinski definition) is 0. The van der Waals surface area contributed by atoms with Crippen molar-refractivity contribution in [2.45, 2.75) is 19.3 Å². The van der Waals surface area contributed by atoms with Gasteiger partial charge in [0.1, 0.15) is 0 Å². The van der Waals surface area contributed by atoms with Crippen molar-refractivity contribution in [1.29, 1.82) is 0 Å². The molecule has 0 unspecified atom stereocenters. The van der Waals surface area contributed by atoms with Gasteiger partial charge in [0.05, 0.1) is 11.1 Å². The Balaban J connectivity index is 3.46. The maximum absolute atomic E-state index is 12.5. The van der Waals surface area contributed by atoms with E-state index in [-0.39, 0.29) is 10.9 Å². The first kappa shape index (κ1) is 14.0. The number of thiocarbonyl (C=S) groups is 1. The summed E-state index contributed by atoms with van der Waals surface area (Å²) < 4.78 is 74.5. The Kier molecular flexibility index (Phi) is 3.52. The predicted molar refractivity (Wildman–Crippen MR) is 53.8 cm³/mol. The Bertz CT molecular complexity index is 443. The van der Waals surface area contributed by atoms with E-state index in [4.69, 9.17) is 0 Å². The second-order valence-electron chi connectivity index (χ2n) is 3.31. The maximum Gasteiger partial charge on any atom is 0.417 e. The fraction of sp³-hybridized carbons (Fsp3) is 0.300. The minimum Gasteiger partial charge on any atom is -0.166 e. The van der Waals surface area contributed by atoms with E-state index in [0.717, 1.165) is 6.07 Å². The third-order valence-electron chi connectivity index (χ3n) is 2.03. The van der Waals surface area contributed by atoms with Crippen LogP contribution in [0.5, 0.6) is 0 Å². The summed E-state index contributed by atoms with van der Waals surface area (Å²) in [7, 11) is 0. The summed E-state index contributed by atoms with van der Waals surface area (Å²) in [5.41, 5.74) is -3.11. The summed E-state index contributed by atoms with van der Waals surface area (Å²) in [5.74, 6) is 0. The molecule has 0 spiro atoms. The van der Waals surface area contributed by atoms with Gasteiger partial charge in [-0.2, -0.15) is 26.3 Å². The van der Waals surface area contributed by atoms with Gasteiger partial charge >= 0.3 is 12.4 Å². The van der Waals surface area contributed by atoms with Crippen LogP contribution in [0, 0.1) is 0 Å². The quantitative estimate of drug-likeness (QED) is 0.413. The van der Waals surface area contributed by atoms with E-state index in [1.54, 1.807) is 0 Å². The number of benzene rings is 1. The van der Waals surface area contributed by atoms with Crippen LogP contribution in [-0.4, -0.2) is 4.86 Å². The van der Waals surface area contributed by atoms with E-state index in [1.807, 2.05) is 0 Å². The summed E-state index contributed by atoms with van der Waals surface area (Å²) in [6.07, 6.45) is -9.68. The molecule has 0 aliphatic rings. The van der Waals surface area contributed by atoms with Crippen molar-refractivity contribution in [3.05, 3.63) is 34.9 Å². The molecule has 1 aromatic rings. The van der Waals surface area contributed by atoms with Gasteiger partial charge in [-0.1, -0.05) is 18.3 Å². The van der Waals surface area contributed by atoms with E-state index in [2.05, 4.69) is 12.2 Å². The van der Waals surface area contributed by atoms with Crippen LogP contribution in [0.3, 0.4) is 0 Å². The largest absolute Gasteiger partial charge is 0.417 e. The fourth-order valence-electron chi connectivity index (χ4n) is 1.26. The zero-order chi connectivity index (χ0) is 13.4. The molecule has 94 valence electrons. The normalized spacial score (nSPS) is 12.6. The van der Waals surface area contributed by atoms with E-state index in [9.17, 15) is 26.3 Å². The molecule has 0 bridgehead atoms. The molecule has 0 saturated heterocycles. The van der Waals surface area contributed by atoms with Crippen molar-refractivity contribution in [1.82, 2.24) is 0 Å². The number of hydrogen-bond acceptors (Lipinski definition) is 1. The zero-order valence-electron chi connectivity index (χ0n) is 8.41. The molecule has 0 aromatic heterocycles. The average Bonchev–Trinajstić information content (AvgIpc) is 2.14. The molecule has 0 atom stereocenters. The first-order valence-electron chi connectivity index (χ1n) is 4.33. The van der Waals surface area contributed by atoms with Gasteiger partial charge in [0.25, 0.3) is 0 Å². The van der Waals surface area contributed by atoms with Crippen LogP contribution in [0.4, 0.5) is 26.3 Å². The molecule has 1 rings (SSSR count). The monoisotopic (exact) mass is 272 g/mol. The highest BCUT2D eigenvalue weighted by molar-refractivity contribution is 7.80. The second kappa shape index (κ2) is 4.29. The highest BCUT2D eigenvalue weighted by Gasteiger charge is 2.38. The van der Waals surface area contributed by atoms with Crippen LogP contribution in [0.25, 0.3) is 0 Å². The lowest BCUT2D eigenvalue weighted by Crippen LogP contribution is -2.14. The molecule has 0 fully saturated rings. The van der Waals surface area contributed by atoms with E-state index in [0.29, 0.717) is 6.07 Å². The second-order valence-corrected chi connectivity index (χ2v) is 3.92. The standard InChI is InChI=1S/C10H6F6S/c1-5(17)7-3-2-6(9(11,12)13)4-8(7)10(14,15)16/h2-4H,1H3. The SMILES string of the molecule is CC(=S)c1ccc(C(F)(F)F)cc1C(F)(F)F. The molecule has 0 saturated carbocycles. The van der Waals surface area contributed by atoms with E-state index < -0.39 is 29.0 Å². The molecule has 0 aliphatic carbocycles. The summed E-state index contributed by atoms with van der Waals surface area (Å²) in [4.78, 5) is -0.106. The Labute approximate surface area is 98.2 Å². The van der Waals surface area contributed by atoms with Crippen LogP contribution in [0.2, 0.25) is 0 Å². The molecular formula is C10H6F6S. The Morgan fingerprint density at radius 3 is 1.88 bits per heavy atom. The van der Waals surface area contributed by atoms with E-state index in [1.165, 1.54) is 6.92 Å². The first-order valence-corrected chi connectivity index (χ1v) is 4.73. The van der Waals surface area contributed by atoms with Crippen molar-refractivity contribution in [3.63, 3.8) is 0 Å². The molecule has 0 aliphatic heterocycles. The lowest BCUT2D eigenvalue weighted by Gasteiger charge is -2.15. The van der Waals surface area contributed by atoms with Gasteiger partial charge in [-0.05, 0) is 19.1 Å². The summed E-state index contributed by atoms with van der Waals surface area (Å²) in [5, 5.41) is 0. The minimum atomic E-state index is -4.86. The van der Waals surface area contributed by atoms with Gasteiger partial charge in [-0.15, -0.1) is 0 Å². The molecule has 0 heterocycles. The molecule has 17 heavy (non-hydrogen) atoms. The zero-order valence-corrected chi connectivity index (χ0v) is 9.22. The van der Waals surface area contributed by atoms with Gasteiger partial charge < -0.3 is 0 Å². The van der Waals surface area contributed by atoms with Gasteiger partial charge in [0, 0.05) is 10.4 Å². The van der Waals surface area contributed by atoms with Crippen molar-refractivity contribution >= 4 is 17.1 Å².